The number of hydrazone groups is 1. The number of hydrogen-bond donors (Lipinski definition) is 1. The number of hydrogen-bond acceptors (Lipinski definition) is 3. The summed E-state index contributed by atoms with van der Waals surface area (Å²) in [5, 5.41) is 9.58. The van der Waals surface area contributed by atoms with E-state index in [0.29, 0.717) is 15.6 Å². The topological polar surface area (TPSA) is 59.3 Å². The van der Waals surface area contributed by atoms with E-state index in [2.05, 4.69) is 16.6 Å². The molecule has 0 unspecified atom stereocenters. The average Bonchev–Trinajstić information content (AvgIpc) is 3.20. The van der Waals surface area contributed by atoms with Crippen LogP contribution < -0.4 is 5.43 Å². The number of para-hydroxylation sites is 1. The lowest BCUT2D eigenvalue weighted by Crippen LogP contribution is -2.17. The number of benzene rings is 3. The highest BCUT2D eigenvalue weighted by Crippen LogP contribution is 2.24. The number of halogens is 2. The fourth-order valence-electron chi connectivity index (χ4n) is 3.07. The number of nitrogens with zero attached hydrogens (tertiary/aromatic N) is 3. The van der Waals surface area contributed by atoms with Gasteiger partial charge in [0.15, 0.2) is 0 Å². The van der Waals surface area contributed by atoms with E-state index in [4.69, 9.17) is 28.3 Å². The molecule has 0 spiro atoms. The Balaban J connectivity index is 1.63. The first-order chi connectivity index (χ1) is 15.0. The van der Waals surface area contributed by atoms with E-state index in [9.17, 15) is 4.79 Å². The molecular formula is C24H18Cl2N4O. The predicted molar refractivity (Wildman–Crippen MR) is 125 cm³/mol. The van der Waals surface area contributed by atoms with Gasteiger partial charge >= 0.3 is 0 Å². The minimum absolute atomic E-state index is 0.309. The highest BCUT2D eigenvalue weighted by molar-refractivity contribution is 6.42. The van der Waals surface area contributed by atoms with Crippen LogP contribution in [-0.4, -0.2) is 21.9 Å². The second-order valence-electron chi connectivity index (χ2n) is 6.91. The Bertz CT molecular complexity index is 1270. The van der Waals surface area contributed by atoms with Crippen molar-refractivity contribution in [3.8, 4) is 16.9 Å². The Morgan fingerprint density at radius 1 is 1.00 bits per heavy atom. The van der Waals surface area contributed by atoms with E-state index in [1.165, 1.54) is 6.07 Å². The molecule has 0 aliphatic heterocycles. The number of aryl methyl sites for hydroxylation is 1. The normalized spacial score (nSPS) is 11.1. The molecule has 1 amide bonds. The number of nitrogens with one attached hydrogen (secondary N) is 1. The van der Waals surface area contributed by atoms with Gasteiger partial charge in [-0.3, -0.25) is 4.79 Å². The van der Waals surface area contributed by atoms with Gasteiger partial charge in [-0.15, -0.1) is 0 Å². The molecule has 0 aliphatic carbocycles. The summed E-state index contributed by atoms with van der Waals surface area (Å²) >= 11 is 11.9. The van der Waals surface area contributed by atoms with E-state index in [-0.39, 0.29) is 5.91 Å². The van der Waals surface area contributed by atoms with Gasteiger partial charge in [-0.05, 0) is 43.3 Å². The lowest BCUT2D eigenvalue weighted by Gasteiger charge is -2.02. The second kappa shape index (κ2) is 9.16. The third kappa shape index (κ3) is 4.85. The average molecular weight is 449 g/mol. The summed E-state index contributed by atoms with van der Waals surface area (Å²) in [7, 11) is 0. The molecule has 4 aromatic rings. The maximum Gasteiger partial charge on any atom is 0.271 e. The lowest BCUT2D eigenvalue weighted by molar-refractivity contribution is 0.0955. The largest absolute Gasteiger partial charge is 0.271 e. The van der Waals surface area contributed by atoms with Crippen LogP contribution in [0, 0.1) is 6.92 Å². The minimum Gasteiger partial charge on any atom is -0.267 e. The molecule has 0 aliphatic rings. The van der Waals surface area contributed by atoms with Crippen molar-refractivity contribution in [1.29, 1.82) is 0 Å². The predicted octanol–water partition coefficient (Wildman–Crippen LogP) is 5.92. The summed E-state index contributed by atoms with van der Waals surface area (Å²) in [5.74, 6) is -0.387. The van der Waals surface area contributed by atoms with Gasteiger partial charge < -0.3 is 0 Å². The molecule has 0 saturated carbocycles. The molecule has 4 rings (SSSR count). The summed E-state index contributed by atoms with van der Waals surface area (Å²) < 4.78 is 1.79. The monoisotopic (exact) mass is 448 g/mol. The van der Waals surface area contributed by atoms with Crippen molar-refractivity contribution in [1.82, 2.24) is 15.2 Å². The number of aromatic nitrogens is 2. The fraction of sp³-hybridized carbons (Fsp3) is 0.0417. The van der Waals surface area contributed by atoms with Crippen molar-refractivity contribution in [2.75, 3.05) is 0 Å². The highest BCUT2D eigenvalue weighted by atomic mass is 35.5. The summed E-state index contributed by atoms with van der Waals surface area (Å²) in [6.07, 6.45) is 3.46. The van der Waals surface area contributed by atoms with Gasteiger partial charge in [0.2, 0.25) is 0 Å². The number of amides is 1. The standard InChI is InChI=1S/C24H18Cl2N4O/c1-16-6-5-7-17(12-16)23-19(15-30(29-23)20-8-3-2-4-9-20)14-27-28-24(31)18-10-11-21(25)22(26)13-18/h2-15H,1H3,(H,28,31)/b27-14-. The van der Waals surface area contributed by atoms with Crippen molar-refractivity contribution in [2.24, 2.45) is 5.10 Å². The molecule has 1 N–H and O–H groups in total. The molecule has 0 bridgehead atoms. The Morgan fingerprint density at radius 3 is 2.55 bits per heavy atom. The van der Waals surface area contributed by atoms with Crippen LogP contribution in [0.15, 0.2) is 84.1 Å². The van der Waals surface area contributed by atoms with Crippen LogP contribution in [0.5, 0.6) is 0 Å². The van der Waals surface area contributed by atoms with Gasteiger partial charge in [0.25, 0.3) is 5.91 Å². The minimum atomic E-state index is -0.387. The van der Waals surface area contributed by atoms with Crippen LogP contribution in [0.3, 0.4) is 0 Å². The molecule has 0 fully saturated rings. The lowest BCUT2D eigenvalue weighted by atomic mass is 10.1. The third-order valence-corrected chi connectivity index (χ3v) is 5.35. The van der Waals surface area contributed by atoms with Crippen LogP contribution in [-0.2, 0) is 0 Å². The quantitative estimate of drug-likeness (QED) is 0.304. The first kappa shape index (κ1) is 20.8. The fourth-order valence-corrected chi connectivity index (χ4v) is 3.37. The van der Waals surface area contributed by atoms with Crippen LogP contribution >= 0.6 is 23.2 Å². The molecule has 0 radical (unpaired) electrons. The van der Waals surface area contributed by atoms with Crippen LogP contribution in [0.4, 0.5) is 0 Å². The zero-order valence-electron chi connectivity index (χ0n) is 16.6. The Hall–Kier alpha value is -3.41. The summed E-state index contributed by atoms with van der Waals surface area (Å²) in [6, 6.07) is 22.5. The van der Waals surface area contributed by atoms with Crippen LogP contribution in [0.25, 0.3) is 16.9 Å². The van der Waals surface area contributed by atoms with Gasteiger partial charge in [-0.2, -0.15) is 10.2 Å². The molecule has 31 heavy (non-hydrogen) atoms. The van der Waals surface area contributed by atoms with E-state index < -0.39 is 0 Å². The zero-order chi connectivity index (χ0) is 21.8. The SMILES string of the molecule is Cc1cccc(-c2nn(-c3ccccc3)cc2/C=N\NC(=O)c2ccc(Cl)c(Cl)c2)c1. The molecule has 1 aromatic heterocycles. The maximum atomic E-state index is 12.4. The van der Waals surface area contributed by atoms with Crippen molar-refractivity contribution >= 4 is 35.3 Å². The van der Waals surface area contributed by atoms with Crippen molar-refractivity contribution in [3.63, 3.8) is 0 Å². The molecule has 0 atom stereocenters. The van der Waals surface area contributed by atoms with Gasteiger partial charge in [0.1, 0.15) is 5.69 Å². The number of carbonyl (C=O) groups excluding carboxylic acids is 1. The first-order valence-corrected chi connectivity index (χ1v) is 10.3. The van der Waals surface area contributed by atoms with Crippen LogP contribution in [0.1, 0.15) is 21.5 Å². The molecule has 5 nitrogen and oxygen atoms in total. The Labute approximate surface area is 189 Å². The Morgan fingerprint density at radius 2 is 1.81 bits per heavy atom. The zero-order valence-corrected chi connectivity index (χ0v) is 18.1. The Kier molecular flexibility index (Phi) is 6.16. The van der Waals surface area contributed by atoms with Crippen molar-refractivity contribution in [3.05, 3.63) is 106 Å². The summed E-state index contributed by atoms with van der Waals surface area (Å²) in [6.45, 7) is 2.03. The molecular weight excluding hydrogens is 431 g/mol. The number of rotatable bonds is 5. The second-order valence-corrected chi connectivity index (χ2v) is 7.73. The summed E-state index contributed by atoms with van der Waals surface area (Å²) in [4.78, 5) is 12.4. The summed E-state index contributed by atoms with van der Waals surface area (Å²) in [5.41, 5.74) is 7.44. The van der Waals surface area contributed by atoms with E-state index in [0.717, 1.165) is 28.1 Å². The molecule has 7 heteroatoms. The molecule has 3 aromatic carbocycles. The molecule has 154 valence electrons. The van der Waals surface area contributed by atoms with E-state index in [1.807, 2.05) is 61.7 Å². The smallest absolute Gasteiger partial charge is 0.267 e. The van der Waals surface area contributed by atoms with Crippen molar-refractivity contribution in [2.45, 2.75) is 6.92 Å². The first-order valence-electron chi connectivity index (χ1n) is 9.52. The highest BCUT2D eigenvalue weighted by Gasteiger charge is 2.12. The van der Waals surface area contributed by atoms with Gasteiger partial charge in [-0.25, -0.2) is 10.1 Å². The van der Waals surface area contributed by atoms with Crippen molar-refractivity contribution < 1.29 is 4.79 Å². The van der Waals surface area contributed by atoms with Crippen LogP contribution in [0.2, 0.25) is 10.0 Å². The van der Waals surface area contributed by atoms with E-state index >= 15 is 0 Å². The van der Waals surface area contributed by atoms with Gasteiger partial charge in [-0.1, -0.05) is 65.2 Å². The number of carbonyl (C=O) groups is 1. The maximum absolute atomic E-state index is 12.4. The van der Waals surface area contributed by atoms with E-state index in [1.54, 1.807) is 23.0 Å². The molecule has 1 heterocycles. The third-order valence-electron chi connectivity index (χ3n) is 4.61. The molecule has 0 saturated heterocycles. The van der Waals surface area contributed by atoms with Gasteiger partial charge in [0.05, 0.1) is 21.9 Å². The van der Waals surface area contributed by atoms with Gasteiger partial charge in [0, 0.05) is 22.9 Å².